The Balaban J connectivity index is 2.01. The van der Waals surface area contributed by atoms with Gasteiger partial charge < -0.3 is 5.32 Å². The second-order valence-corrected chi connectivity index (χ2v) is 7.62. The lowest BCUT2D eigenvalue weighted by molar-refractivity contribution is -0.121. The first-order valence-corrected chi connectivity index (χ1v) is 10.0. The summed E-state index contributed by atoms with van der Waals surface area (Å²) in [7, 11) is 0. The third-order valence-corrected chi connectivity index (χ3v) is 5.48. The molecule has 0 saturated heterocycles. The predicted molar refractivity (Wildman–Crippen MR) is 114 cm³/mol. The summed E-state index contributed by atoms with van der Waals surface area (Å²) in [6.45, 7) is 13.2. The number of aryl methyl sites for hydroxylation is 5. The molecule has 1 amide bonds. The zero-order valence-corrected chi connectivity index (χ0v) is 17.8. The van der Waals surface area contributed by atoms with Gasteiger partial charge in [0, 0.05) is 24.0 Å². The highest BCUT2D eigenvalue weighted by Crippen LogP contribution is 2.28. The molecular formula is C23H30N4O. The molecule has 0 fully saturated rings. The molecule has 0 aliphatic carbocycles. The van der Waals surface area contributed by atoms with E-state index in [0.717, 1.165) is 46.6 Å². The number of carbonyl (C=O) groups is 1. The van der Waals surface area contributed by atoms with E-state index in [1.165, 1.54) is 16.7 Å². The molecule has 0 atom stereocenters. The molecule has 148 valence electrons. The van der Waals surface area contributed by atoms with E-state index in [2.05, 4.69) is 51.2 Å². The van der Waals surface area contributed by atoms with Crippen LogP contribution in [0, 0.1) is 34.6 Å². The van der Waals surface area contributed by atoms with Gasteiger partial charge >= 0.3 is 0 Å². The van der Waals surface area contributed by atoms with Crippen molar-refractivity contribution in [2.75, 3.05) is 6.54 Å². The second kappa shape index (κ2) is 8.13. The number of hydrogen-bond acceptors (Lipinski definition) is 3. The first kappa shape index (κ1) is 20.1. The highest BCUT2D eigenvalue weighted by molar-refractivity contribution is 5.85. The first-order chi connectivity index (χ1) is 13.3. The van der Waals surface area contributed by atoms with Crippen molar-refractivity contribution in [3.05, 3.63) is 51.8 Å². The lowest BCUT2D eigenvalue weighted by Crippen LogP contribution is -2.24. The van der Waals surface area contributed by atoms with Crippen LogP contribution in [0.1, 0.15) is 53.4 Å². The lowest BCUT2D eigenvalue weighted by atomic mass is 9.99. The number of hydrogen-bond donors (Lipinski definition) is 1. The van der Waals surface area contributed by atoms with Gasteiger partial charge in [-0.2, -0.15) is 5.10 Å². The number of pyridine rings is 1. The molecule has 0 radical (unpaired) electrons. The molecule has 0 aliphatic heterocycles. The normalized spacial score (nSPS) is 11.2. The monoisotopic (exact) mass is 378 g/mol. The summed E-state index contributed by atoms with van der Waals surface area (Å²) in [5.41, 5.74) is 8.69. The topological polar surface area (TPSA) is 59.8 Å². The Labute approximate surface area is 167 Å². The predicted octanol–water partition coefficient (Wildman–Crippen LogP) is 4.42. The van der Waals surface area contributed by atoms with E-state index in [4.69, 9.17) is 10.1 Å². The molecule has 0 aliphatic rings. The Hall–Kier alpha value is -2.69. The molecule has 1 aromatic carbocycles. The molecule has 3 rings (SSSR count). The fraction of sp³-hybridized carbons (Fsp3) is 0.435. The van der Waals surface area contributed by atoms with E-state index in [1.807, 2.05) is 18.5 Å². The van der Waals surface area contributed by atoms with Crippen molar-refractivity contribution in [2.24, 2.45) is 0 Å². The summed E-state index contributed by atoms with van der Waals surface area (Å²) >= 11 is 0. The van der Waals surface area contributed by atoms with Crippen molar-refractivity contribution < 1.29 is 4.79 Å². The number of nitrogens with one attached hydrogen (secondary N) is 1. The number of amides is 1. The van der Waals surface area contributed by atoms with Gasteiger partial charge in [0.1, 0.15) is 0 Å². The summed E-state index contributed by atoms with van der Waals surface area (Å²) in [4.78, 5) is 16.9. The molecule has 0 unspecified atom stereocenters. The van der Waals surface area contributed by atoms with E-state index in [0.29, 0.717) is 12.8 Å². The van der Waals surface area contributed by atoms with Crippen molar-refractivity contribution in [3.63, 3.8) is 0 Å². The smallest absolute Gasteiger partial charge is 0.220 e. The minimum atomic E-state index is 0.100. The average Bonchev–Trinajstić information content (AvgIpc) is 2.98. The Morgan fingerprint density at radius 3 is 2.50 bits per heavy atom. The molecule has 0 saturated carbocycles. The Bertz CT molecular complexity index is 1030. The van der Waals surface area contributed by atoms with E-state index < -0.39 is 0 Å². The van der Waals surface area contributed by atoms with E-state index in [9.17, 15) is 4.79 Å². The van der Waals surface area contributed by atoms with Gasteiger partial charge in [-0.1, -0.05) is 13.0 Å². The number of fused-ring (bicyclic) bond motifs is 1. The third-order valence-electron chi connectivity index (χ3n) is 5.48. The maximum Gasteiger partial charge on any atom is 0.220 e. The summed E-state index contributed by atoms with van der Waals surface area (Å²) in [5, 5.41) is 8.82. The van der Waals surface area contributed by atoms with Gasteiger partial charge in [0.25, 0.3) is 0 Å². The molecule has 28 heavy (non-hydrogen) atoms. The number of benzene rings is 1. The van der Waals surface area contributed by atoms with Crippen LogP contribution in [0.4, 0.5) is 0 Å². The molecule has 0 spiro atoms. The molecule has 0 bridgehead atoms. The van der Waals surface area contributed by atoms with Crippen molar-refractivity contribution in [1.82, 2.24) is 20.1 Å². The Morgan fingerprint density at radius 1 is 1.07 bits per heavy atom. The quantitative estimate of drug-likeness (QED) is 0.691. The SMILES string of the molecule is CCCNC(=O)CCc1c(C)nc2c(c(C)nn2-c2ccc(C)c(C)c2)c1C. The minimum absolute atomic E-state index is 0.100. The van der Waals surface area contributed by atoms with Crippen LogP contribution in [0.25, 0.3) is 16.7 Å². The van der Waals surface area contributed by atoms with Crippen LogP contribution in [-0.2, 0) is 11.2 Å². The van der Waals surface area contributed by atoms with Crippen molar-refractivity contribution in [1.29, 1.82) is 0 Å². The van der Waals surface area contributed by atoms with Gasteiger partial charge in [0.05, 0.1) is 11.4 Å². The van der Waals surface area contributed by atoms with Crippen LogP contribution < -0.4 is 5.32 Å². The van der Waals surface area contributed by atoms with Crippen LogP contribution in [0.5, 0.6) is 0 Å². The third kappa shape index (κ3) is 3.79. The molecule has 1 N–H and O–H groups in total. The number of aromatic nitrogens is 3. The first-order valence-electron chi connectivity index (χ1n) is 10.0. The van der Waals surface area contributed by atoms with Crippen LogP contribution in [0.3, 0.4) is 0 Å². The number of nitrogens with zero attached hydrogens (tertiary/aromatic N) is 3. The van der Waals surface area contributed by atoms with Crippen molar-refractivity contribution in [2.45, 2.75) is 60.8 Å². The van der Waals surface area contributed by atoms with E-state index in [1.54, 1.807) is 0 Å². The molecule has 3 aromatic rings. The van der Waals surface area contributed by atoms with Crippen molar-refractivity contribution >= 4 is 16.9 Å². The van der Waals surface area contributed by atoms with Gasteiger partial charge in [0.2, 0.25) is 5.91 Å². The number of rotatable bonds is 6. The average molecular weight is 379 g/mol. The molecule has 5 nitrogen and oxygen atoms in total. The van der Waals surface area contributed by atoms with Gasteiger partial charge in [-0.05, 0) is 81.8 Å². The zero-order chi connectivity index (χ0) is 20.4. The second-order valence-electron chi connectivity index (χ2n) is 7.62. The van der Waals surface area contributed by atoms with Gasteiger partial charge in [-0.3, -0.25) is 4.79 Å². The molecule has 2 heterocycles. The van der Waals surface area contributed by atoms with E-state index >= 15 is 0 Å². The summed E-state index contributed by atoms with van der Waals surface area (Å²) in [6, 6.07) is 6.36. The zero-order valence-electron chi connectivity index (χ0n) is 17.8. The maximum absolute atomic E-state index is 12.0. The van der Waals surface area contributed by atoms with Crippen LogP contribution in [-0.4, -0.2) is 27.2 Å². The number of carbonyl (C=O) groups excluding carboxylic acids is 1. The maximum atomic E-state index is 12.0. The summed E-state index contributed by atoms with van der Waals surface area (Å²) in [6.07, 6.45) is 2.14. The van der Waals surface area contributed by atoms with Crippen LogP contribution >= 0.6 is 0 Å². The van der Waals surface area contributed by atoms with E-state index in [-0.39, 0.29) is 5.91 Å². The highest BCUT2D eigenvalue weighted by atomic mass is 16.1. The summed E-state index contributed by atoms with van der Waals surface area (Å²) < 4.78 is 1.94. The Morgan fingerprint density at radius 2 is 1.82 bits per heavy atom. The fourth-order valence-corrected chi connectivity index (χ4v) is 3.70. The fourth-order valence-electron chi connectivity index (χ4n) is 3.70. The van der Waals surface area contributed by atoms with Crippen LogP contribution in [0.15, 0.2) is 18.2 Å². The van der Waals surface area contributed by atoms with Gasteiger partial charge in [-0.15, -0.1) is 0 Å². The highest BCUT2D eigenvalue weighted by Gasteiger charge is 2.18. The molecular weight excluding hydrogens is 348 g/mol. The van der Waals surface area contributed by atoms with Crippen LogP contribution in [0.2, 0.25) is 0 Å². The van der Waals surface area contributed by atoms with Gasteiger partial charge in [-0.25, -0.2) is 9.67 Å². The van der Waals surface area contributed by atoms with Gasteiger partial charge in [0.15, 0.2) is 5.65 Å². The molecule has 2 aromatic heterocycles. The largest absolute Gasteiger partial charge is 0.356 e. The summed E-state index contributed by atoms with van der Waals surface area (Å²) in [5.74, 6) is 0.100. The lowest BCUT2D eigenvalue weighted by Gasteiger charge is -2.12. The minimum Gasteiger partial charge on any atom is -0.356 e. The standard InChI is InChI=1S/C23H30N4O/c1-7-12-24-21(28)11-10-20-16(4)22-18(6)26-27(23(22)25-17(20)5)19-9-8-14(2)15(3)13-19/h8-9,13H,7,10-12H2,1-6H3,(H,24,28). The molecule has 5 heteroatoms. The van der Waals surface area contributed by atoms with Crippen molar-refractivity contribution in [3.8, 4) is 5.69 Å². The Kier molecular flexibility index (Phi) is 5.82.